The van der Waals surface area contributed by atoms with Crippen molar-refractivity contribution in [3.05, 3.63) is 31.9 Å². The van der Waals surface area contributed by atoms with Gasteiger partial charge in [0.15, 0.2) is 0 Å². The van der Waals surface area contributed by atoms with Gasteiger partial charge in [-0.1, -0.05) is 0 Å². The lowest BCUT2D eigenvalue weighted by Crippen LogP contribution is -2.00. The third-order valence-corrected chi connectivity index (χ3v) is 1.91. The van der Waals surface area contributed by atoms with Crippen LogP contribution in [0.2, 0.25) is 0 Å². The Balaban J connectivity index is 3.63. The predicted molar refractivity (Wildman–Crippen MR) is 50.6 cm³/mol. The lowest BCUT2D eigenvalue weighted by atomic mass is 10.1. The van der Waals surface area contributed by atoms with Crippen molar-refractivity contribution >= 4 is 17.1 Å². The molecular weight excluding hydrogens is 206 g/mol. The van der Waals surface area contributed by atoms with Gasteiger partial charge in [-0.3, -0.25) is 20.2 Å². The maximum Gasteiger partial charge on any atom is 0.322 e. The predicted octanol–water partition coefficient (Wildman–Crippen LogP) is 1.10. The topological polar surface area (TPSA) is 133 Å². The van der Waals surface area contributed by atoms with E-state index in [9.17, 15) is 25.3 Å². The number of hydrogen-bond acceptors (Lipinski definition) is 6. The molecule has 0 aliphatic rings. The van der Waals surface area contributed by atoms with Crippen LogP contribution in [-0.4, -0.2) is 15.0 Å². The molecule has 0 bridgehead atoms. The molecule has 0 unspecified atom stereocenters. The zero-order valence-corrected chi connectivity index (χ0v) is 7.63. The molecule has 0 heterocycles. The van der Waals surface area contributed by atoms with E-state index in [1.54, 1.807) is 0 Å². The van der Waals surface area contributed by atoms with E-state index in [0.717, 1.165) is 6.07 Å². The highest BCUT2D eigenvalue weighted by atomic mass is 16.6. The Hall–Kier alpha value is -2.38. The molecule has 0 atom stereocenters. The molecular formula is C7H7N3O5. The third kappa shape index (κ3) is 1.64. The number of rotatable bonds is 2. The second-order valence-corrected chi connectivity index (χ2v) is 2.82. The quantitative estimate of drug-likeness (QED) is 0.327. The van der Waals surface area contributed by atoms with Gasteiger partial charge < -0.3 is 10.8 Å². The summed E-state index contributed by atoms with van der Waals surface area (Å²) in [5.74, 6) is -0.747. The SMILES string of the molecule is Cc1c([N+](=O)[O-])cc(N)c(O)c1[N+](=O)[O-]. The van der Waals surface area contributed by atoms with Gasteiger partial charge in [0, 0.05) is 6.07 Å². The number of phenolic OH excluding ortho intramolecular Hbond substituents is 1. The molecule has 0 saturated heterocycles. The van der Waals surface area contributed by atoms with E-state index in [0.29, 0.717) is 0 Å². The molecule has 15 heavy (non-hydrogen) atoms. The number of nitrogens with two attached hydrogens (primary N) is 1. The van der Waals surface area contributed by atoms with E-state index < -0.39 is 27.0 Å². The fraction of sp³-hybridized carbons (Fsp3) is 0.143. The highest BCUT2D eigenvalue weighted by Gasteiger charge is 2.28. The standard InChI is InChI=1S/C7H7N3O5/c1-3-5(9(12)13)2-4(8)7(11)6(3)10(14)15/h2,11H,8H2,1H3. The van der Waals surface area contributed by atoms with Gasteiger partial charge in [-0.05, 0) is 6.92 Å². The van der Waals surface area contributed by atoms with E-state index in [1.165, 1.54) is 6.92 Å². The summed E-state index contributed by atoms with van der Waals surface area (Å²) >= 11 is 0. The summed E-state index contributed by atoms with van der Waals surface area (Å²) < 4.78 is 0. The summed E-state index contributed by atoms with van der Waals surface area (Å²) in [6.45, 7) is 1.18. The third-order valence-electron chi connectivity index (χ3n) is 1.91. The van der Waals surface area contributed by atoms with Crippen molar-refractivity contribution in [2.75, 3.05) is 5.73 Å². The van der Waals surface area contributed by atoms with Crippen molar-refractivity contribution < 1.29 is 15.0 Å². The van der Waals surface area contributed by atoms with Crippen LogP contribution < -0.4 is 5.73 Å². The van der Waals surface area contributed by atoms with Crippen LogP contribution in [0.15, 0.2) is 6.07 Å². The highest BCUT2D eigenvalue weighted by Crippen LogP contribution is 2.40. The van der Waals surface area contributed by atoms with Gasteiger partial charge in [0.05, 0.1) is 15.5 Å². The molecule has 8 nitrogen and oxygen atoms in total. The number of anilines is 1. The average molecular weight is 213 g/mol. The largest absolute Gasteiger partial charge is 0.501 e. The Morgan fingerprint density at radius 1 is 1.33 bits per heavy atom. The zero-order chi connectivity index (χ0) is 11.7. The number of nitro benzene ring substituents is 2. The molecule has 80 valence electrons. The van der Waals surface area contributed by atoms with Crippen LogP contribution in [0.4, 0.5) is 17.1 Å². The van der Waals surface area contributed by atoms with E-state index in [1.807, 2.05) is 0 Å². The van der Waals surface area contributed by atoms with E-state index in [2.05, 4.69) is 0 Å². The summed E-state index contributed by atoms with van der Waals surface area (Å²) in [7, 11) is 0. The van der Waals surface area contributed by atoms with Gasteiger partial charge >= 0.3 is 5.69 Å². The van der Waals surface area contributed by atoms with Gasteiger partial charge in [0.1, 0.15) is 5.56 Å². The smallest absolute Gasteiger partial charge is 0.322 e. The Labute approximate surface area is 83.2 Å². The molecule has 0 radical (unpaired) electrons. The number of hydrogen-bond donors (Lipinski definition) is 2. The summed E-state index contributed by atoms with van der Waals surface area (Å²) in [6, 6.07) is 0.887. The van der Waals surface area contributed by atoms with Crippen LogP contribution in [0.5, 0.6) is 5.75 Å². The number of nitro groups is 2. The minimum atomic E-state index is -0.909. The molecule has 0 amide bonds. The van der Waals surface area contributed by atoms with Crippen LogP contribution in [-0.2, 0) is 0 Å². The van der Waals surface area contributed by atoms with Gasteiger partial charge in [0.25, 0.3) is 5.69 Å². The van der Waals surface area contributed by atoms with Crippen LogP contribution in [0, 0.1) is 27.2 Å². The van der Waals surface area contributed by atoms with Crippen LogP contribution >= 0.6 is 0 Å². The minimum Gasteiger partial charge on any atom is -0.501 e. The monoisotopic (exact) mass is 213 g/mol. The molecule has 0 spiro atoms. The first-order valence-electron chi connectivity index (χ1n) is 3.77. The fourth-order valence-corrected chi connectivity index (χ4v) is 1.17. The van der Waals surface area contributed by atoms with Gasteiger partial charge in [-0.25, -0.2) is 0 Å². The van der Waals surface area contributed by atoms with Gasteiger partial charge in [0.2, 0.25) is 5.75 Å². The first kappa shape index (κ1) is 10.7. The molecule has 3 N–H and O–H groups in total. The second kappa shape index (κ2) is 3.40. The fourth-order valence-electron chi connectivity index (χ4n) is 1.17. The Morgan fingerprint density at radius 2 is 1.87 bits per heavy atom. The van der Waals surface area contributed by atoms with Crippen LogP contribution in [0.1, 0.15) is 5.56 Å². The molecule has 0 aliphatic carbocycles. The van der Waals surface area contributed by atoms with Crippen molar-refractivity contribution in [1.29, 1.82) is 0 Å². The summed E-state index contributed by atoms with van der Waals surface area (Å²) in [6.07, 6.45) is 0. The number of phenols is 1. The Kier molecular flexibility index (Phi) is 2.43. The molecule has 1 rings (SSSR count). The summed E-state index contributed by atoms with van der Waals surface area (Å²) in [4.78, 5) is 19.3. The van der Waals surface area contributed by atoms with Crippen molar-refractivity contribution in [2.45, 2.75) is 6.92 Å². The number of benzene rings is 1. The maximum atomic E-state index is 10.5. The molecule has 8 heteroatoms. The van der Waals surface area contributed by atoms with E-state index in [4.69, 9.17) is 5.73 Å². The van der Waals surface area contributed by atoms with Crippen molar-refractivity contribution in [2.24, 2.45) is 0 Å². The minimum absolute atomic E-state index is 0.225. The highest BCUT2D eigenvalue weighted by molar-refractivity contribution is 5.72. The molecule has 1 aromatic rings. The van der Waals surface area contributed by atoms with Crippen LogP contribution in [0.3, 0.4) is 0 Å². The molecule has 0 saturated carbocycles. The second-order valence-electron chi connectivity index (χ2n) is 2.82. The molecule has 0 aliphatic heterocycles. The van der Waals surface area contributed by atoms with E-state index >= 15 is 0 Å². The summed E-state index contributed by atoms with van der Waals surface area (Å²) in [5.41, 5.74) is 3.37. The zero-order valence-electron chi connectivity index (χ0n) is 7.63. The van der Waals surface area contributed by atoms with Gasteiger partial charge in [-0.2, -0.15) is 0 Å². The first-order valence-corrected chi connectivity index (χ1v) is 3.77. The maximum absolute atomic E-state index is 10.5. The van der Waals surface area contributed by atoms with Gasteiger partial charge in [-0.15, -0.1) is 0 Å². The van der Waals surface area contributed by atoms with Crippen LogP contribution in [0.25, 0.3) is 0 Å². The van der Waals surface area contributed by atoms with Crippen molar-refractivity contribution in [1.82, 2.24) is 0 Å². The molecule has 0 fully saturated rings. The lowest BCUT2D eigenvalue weighted by Gasteiger charge is -2.03. The molecule has 0 aromatic heterocycles. The number of nitrogen functional groups attached to an aromatic ring is 1. The summed E-state index contributed by atoms with van der Waals surface area (Å²) in [5, 5.41) is 30.3. The normalized spacial score (nSPS) is 9.93. The Morgan fingerprint density at radius 3 is 2.27 bits per heavy atom. The average Bonchev–Trinajstić information content (AvgIpc) is 2.10. The lowest BCUT2D eigenvalue weighted by molar-refractivity contribution is -0.395. The molecule has 1 aromatic carbocycles. The van der Waals surface area contributed by atoms with Crippen molar-refractivity contribution in [3.63, 3.8) is 0 Å². The number of nitrogens with zero attached hydrogens (tertiary/aromatic N) is 2. The van der Waals surface area contributed by atoms with Crippen molar-refractivity contribution in [3.8, 4) is 5.75 Å². The number of aromatic hydroxyl groups is 1. The Bertz CT molecular complexity index is 456. The van der Waals surface area contributed by atoms with E-state index in [-0.39, 0.29) is 11.3 Å². The first-order chi connectivity index (χ1) is 6.86.